The second kappa shape index (κ2) is 10.5. The Labute approximate surface area is 223 Å². The highest BCUT2D eigenvalue weighted by Crippen LogP contribution is 2.34. The Morgan fingerprint density at radius 1 is 1.03 bits per heavy atom. The lowest BCUT2D eigenvalue weighted by molar-refractivity contribution is 0.0952. The van der Waals surface area contributed by atoms with Crippen molar-refractivity contribution in [2.24, 2.45) is 0 Å². The predicted octanol–water partition coefficient (Wildman–Crippen LogP) is 4.24. The van der Waals surface area contributed by atoms with Gasteiger partial charge in [0, 0.05) is 84.4 Å². The molecule has 0 bridgehead atoms. The SMILES string of the molecule is Cc1cc(C)c(CNC(=O)c2cc(-c3cncc(N4CCNCC4)c3)cc3c2c(C)cn3C(C)C)c(=O)[nH]1. The van der Waals surface area contributed by atoms with E-state index < -0.39 is 0 Å². The minimum Gasteiger partial charge on any atom is -0.368 e. The third kappa shape index (κ3) is 4.96. The number of H-pyrrole nitrogens is 1. The van der Waals surface area contributed by atoms with Crippen molar-refractivity contribution >= 4 is 22.5 Å². The molecule has 0 saturated carbocycles. The lowest BCUT2D eigenvalue weighted by Crippen LogP contribution is -2.43. The molecule has 1 saturated heterocycles. The van der Waals surface area contributed by atoms with E-state index in [-0.39, 0.29) is 24.1 Å². The molecule has 3 aromatic heterocycles. The maximum absolute atomic E-state index is 13.7. The number of anilines is 1. The van der Waals surface area contributed by atoms with Crippen LogP contribution in [0.2, 0.25) is 0 Å². The number of hydrogen-bond donors (Lipinski definition) is 3. The highest BCUT2D eigenvalue weighted by atomic mass is 16.1. The zero-order valence-electron chi connectivity index (χ0n) is 22.8. The Morgan fingerprint density at radius 3 is 2.50 bits per heavy atom. The van der Waals surface area contributed by atoms with Crippen molar-refractivity contribution in [1.82, 2.24) is 25.2 Å². The van der Waals surface area contributed by atoms with Crippen molar-refractivity contribution in [2.45, 2.75) is 47.2 Å². The molecule has 0 unspecified atom stereocenters. The molecule has 38 heavy (non-hydrogen) atoms. The molecule has 1 aromatic carbocycles. The molecule has 5 rings (SSSR count). The number of carbonyl (C=O) groups is 1. The van der Waals surface area contributed by atoms with Crippen molar-refractivity contribution in [3.05, 3.63) is 81.2 Å². The van der Waals surface area contributed by atoms with E-state index in [1.807, 2.05) is 45.3 Å². The molecule has 0 aliphatic carbocycles. The number of rotatable bonds is 6. The van der Waals surface area contributed by atoms with Gasteiger partial charge in [-0.05, 0) is 75.6 Å². The van der Waals surface area contributed by atoms with E-state index in [1.165, 1.54) is 0 Å². The molecule has 8 nitrogen and oxygen atoms in total. The minimum absolute atomic E-state index is 0.163. The summed E-state index contributed by atoms with van der Waals surface area (Å²) in [6.45, 7) is 14.0. The van der Waals surface area contributed by atoms with Crippen molar-refractivity contribution in [1.29, 1.82) is 0 Å². The van der Waals surface area contributed by atoms with Crippen molar-refractivity contribution in [2.75, 3.05) is 31.1 Å². The minimum atomic E-state index is -0.202. The van der Waals surface area contributed by atoms with E-state index in [1.54, 1.807) is 0 Å². The third-order valence-corrected chi connectivity index (χ3v) is 7.38. The normalized spacial score (nSPS) is 13.9. The van der Waals surface area contributed by atoms with Crippen LogP contribution in [-0.2, 0) is 6.54 Å². The summed E-state index contributed by atoms with van der Waals surface area (Å²) in [6.07, 6.45) is 5.88. The van der Waals surface area contributed by atoms with Gasteiger partial charge < -0.3 is 25.1 Å². The standard InChI is InChI=1S/C30H36N6O2/c1-18(2)36-17-20(4)28-25(29(37)33-16-26-19(3)10-21(5)34-30(26)38)12-22(13-27(28)36)23-11-24(15-32-14-23)35-8-6-31-7-9-35/h10-15,17-18,31H,6-9,16H2,1-5H3,(H,33,37)(H,34,38). The molecule has 1 fully saturated rings. The van der Waals surface area contributed by atoms with Crippen LogP contribution in [0.5, 0.6) is 0 Å². The number of fused-ring (bicyclic) bond motifs is 1. The lowest BCUT2D eigenvalue weighted by Gasteiger charge is -2.29. The van der Waals surface area contributed by atoms with Gasteiger partial charge in [0.15, 0.2) is 0 Å². The van der Waals surface area contributed by atoms with Crippen molar-refractivity contribution in [3.8, 4) is 11.1 Å². The van der Waals surface area contributed by atoms with Gasteiger partial charge in [-0.25, -0.2) is 0 Å². The molecule has 4 heterocycles. The molecule has 0 atom stereocenters. The number of hydrogen-bond acceptors (Lipinski definition) is 5. The van der Waals surface area contributed by atoms with Crippen LogP contribution in [-0.4, -0.2) is 46.6 Å². The Hall–Kier alpha value is -3.91. The van der Waals surface area contributed by atoms with Crippen molar-refractivity contribution < 1.29 is 4.79 Å². The summed E-state index contributed by atoms with van der Waals surface area (Å²) in [7, 11) is 0. The van der Waals surface area contributed by atoms with Crippen LogP contribution in [0.4, 0.5) is 5.69 Å². The van der Waals surface area contributed by atoms with Crippen LogP contribution in [0.15, 0.2) is 47.7 Å². The van der Waals surface area contributed by atoms with E-state index in [0.29, 0.717) is 11.1 Å². The first kappa shape index (κ1) is 25.7. The number of amides is 1. The number of nitrogens with one attached hydrogen (secondary N) is 3. The molecule has 198 valence electrons. The number of piperazine rings is 1. The van der Waals surface area contributed by atoms with Gasteiger partial charge in [-0.3, -0.25) is 14.6 Å². The first-order valence-electron chi connectivity index (χ1n) is 13.3. The summed E-state index contributed by atoms with van der Waals surface area (Å²) in [5, 5.41) is 7.34. The van der Waals surface area contributed by atoms with Gasteiger partial charge in [0.05, 0.1) is 11.9 Å². The molecule has 1 aliphatic rings. The van der Waals surface area contributed by atoms with Gasteiger partial charge in [-0.1, -0.05) is 0 Å². The summed E-state index contributed by atoms with van der Waals surface area (Å²) in [5.74, 6) is -0.202. The highest BCUT2D eigenvalue weighted by molar-refractivity contribution is 6.09. The Kier molecular flexibility index (Phi) is 7.08. The fourth-order valence-corrected chi connectivity index (χ4v) is 5.41. The number of nitrogens with zero attached hydrogens (tertiary/aromatic N) is 3. The number of benzene rings is 1. The fourth-order valence-electron chi connectivity index (χ4n) is 5.41. The molecule has 8 heteroatoms. The van der Waals surface area contributed by atoms with Gasteiger partial charge in [0.2, 0.25) is 0 Å². The van der Waals surface area contributed by atoms with Gasteiger partial charge in [0.25, 0.3) is 11.5 Å². The van der Waals surface area contributed by atoms with Crippen LogP contribution in [0.3, 0.4) is 0 Å². The van der Waals surface area contributed by atoms with Crippen LogP contribution in [0.25, 0.3) is 22.0 Å². The second-order valence-corrected chi connectivity index (χ2v) is 10.5. The largest absolute Gasteiger partial charge is 0.368 e. The van der Waals surface area contributed by atoms with E-state index in [0.717, 1.165) is 70.7 Å². The molecule has 3 N–H and O–H groups in total. The topological polar surface area (TPSA) is 95.1 Å². The zero-order chi connectivity index (χ0) is 27.0. The van der Waals surface area contributed by atoms with Gasteiger partial charge in [-0.15, -0.1) is 0 Å². The third-order valence-electron chi connectivity index (χ3n) is 7.38. The zero-order valence-corrected chi connectivity index (χ0v) is 22.8. The monoisotopic (exact) mass is 512 g/mol. The number of aromatic amines is 1. The molecular weight excluding hydrogens is 476 g/mol. The molecule has 0 spiro atoms. The Balaban J connectivity index is 1.57. The molecule has 0 radical (unpaired) electrons. The highest BCUT2D eigenvalue weighted by Gasteiger charge is 2.20. The van der Waals surface area contributed by atoms with E-state index in [2.05, 4.69) is 62.2 Å². The first-order chi connectivity index (χ1) is 18.2. The maximum Gasteiger partial charge on any atom is 0.253 e. The number of aromatic nitrogens is 3. The average molecular weight is 513 g/mol. The maximum atomic E-state index is 13.7. The number of carbonyl (C=O) groups excluding carboxylic acids is 1. The van der Waals surface area contributed by atoms with E-state index >= 15 is 0 Å². The molecule has 4 aromatic rings. The van der Waals surface area contributed by atoms with Crippen LogP contribution in [0.1, 0.15) is 52.6 Å². The number of pyridine rings is 2. The van der Waals surface area contributed by atoms with Crippen molar-refractivity contribution in [3.63, 3.8) is 0 Å². The molecule has 1 amide bonds. The van der Waals surface area contributed by atoms with Gasteiger partial charge >= 0.3 is 0 Å². The van der Waals surface area contributed by atoms with Crippen LogP contribution in [0, 0.1) is 20.8 Å². The summed E-state index contributed by atoms with van der Waals surface area (Å²) in [6, 6.07) is 8.43. The summed E-state index contributed by atoms with van der Waals surface area (Å²) < 4.78 is 2.22. The van der Waals surface area contributed by atoms with Crippen LogP contribution >= 0.6 is 0 Å². The second-order valence-electron chi connectivity index (χ2n) is 10.5. The predicted molar refractivity (Wildman–Crippen MR) is 153 cm³/mol. The quantitative estimate of drug-likeness (QED) is 0.359. The van der Waals surface area contributed by atoms with Gasteiger partial charge in [-0.2, -0.15) is 0 Å². The summed E-state index contributed by atoms with van der Waals surface area (Å²) in [4.78, 5) is 35.9. The summed E-state index contributed by atoms with van der Waals surface area (Å²) in [5.41, 5.74) is 7.72. The Bertz CT molecular complexity index is 1560. The van der Waals surface area contributed by atoms with E-state index in [4.69, 9.17) is 0 Å². The molecular formula is C30H36N6O2. The lowest BCUT2D eigenvalue weighted by atomic mass is 9.98. The summed E-state index contributed by atoms with van der Waals surface area (Å²) >= 11 is 0. The fraction of sp³-hybridized carbons (Fsp3) is 0.367. The van der Waals surface area contributed by atoms with Gasteiger partial charge in [0.1, 0.15) is 0 Å². The Morgan fingerprint density at radius 2 is 1.79 bits per heavy atom. The number of aryl methyl sites for hydroxylation is 3. The van der Waals surface area contributed by atoms with Crippen LogP contribution < -0.4 is 21.1 Å². The smallest absolute Gasteiger partial charge is 0.253 e. The molecule has 1 aliphatic heterocycles. The first-order valence-corrected chi connectivity index (χ1v) is 13.3. The average Bonchev–Trinajstić information content (AvgIpc) is 3.24. The van der Waals surface area contributed by atoms with E-state index in [9.17, 15) is 9.59 Å².